The van der Waals surface area contributed by atoms with Crippen LogP contribution in [0.3, 0.4) is 0 Å². The first-order chi connectivity index (χ1) is 12.3. The molecule has 142 valence electrons. The summed E-state index contributed by atoms with van der Waals surface area (Å²) in [6, 6.07) is 7.88. The standard InChI is InChI=1S/C23H31ClO2/c1-16-10-11-20-22(2,13-12-21(26)23(20,3)15-25)19(16)9-5-7-17-6-4-8-18(24)14-17/h4-8,14,19-21,25-26H,1,9-13,15H2,2-3H3/b7-5+/t19-,20+,21-,22+,23+/m1/s1. The fourth-order valence-corrected chi connectivity index (χ4v) is 5.78. The number of hydrogen-bond acceptors (Lipinski definition) is 2. The van der Waals surface area contributed by atoms with Crippen LogP contribution in [0.25, 0.3) is 6.08 Å². The van der Waals surface area contributed by atoms with Crippen molar-refractivity contribution in [2.45, 2.75) is 52.1 Å². The molecule has 0 aliphatic heterocycles. The highest BCUT2D eigenvalue weighted by Crippen LogP contribution is 2.61. The second kappa shape index (κ2) is 7.50. The molecule has 5 atom stereocenters. The minimum Gasteiger partial charge on any atom is -0.396 e. The second-order valence-electron chi connectivity index (χ2n) is 8.72. The van der Waals surface area contributed by atoms with Crippen LogP contribution in [0.15, 0.2) is 42.5 Å². The summed E-state index contributed by atoms with van der Waals surface area (Å²) >= 11 is 6.07. The zero-order valence-electron chi connectivity index (χ0n) is 15.9. The lowest BCUT2D eigenvalue weighted by Gasteiger charge is -2.59. The molecule has 2 N–H and O–H groups in total. The Morgan fingerprint density at radius 3 is 2.77 bits per heavy atom. The van der Waals surface area contributed by atoms with E-state index in [1.165, 1.54) is 5.57 Å². The summed E-state index contributed by atoms with van der Waals surface area (Å²) in [6.45, 7) is 8.84. The maximum absolute atomic E-state index is 10.6. The number of hydrogen-bond donors (Lipinski definition) is 2. The van der Waals surface area contributed by atoms with Gasteiger partial charge >= 0.3 is 0 Å². The lowest BCUT2D eigenvalue weighted by Crippen LogP contribution is -2.57. The molecule has 0 saturated heterocycles. The molecule has 3 heteroatoms. The monoisotopic (exact) mass is 374 g/mol. The number of rotatable bonds is 4. The summed E-state index contributed by atoms with van der Waals surface area (Å²) in [5.41, 5.74) is 2.09. The molecule has 0 amide bonds. The number of fused-ring (bicyclic) bond motifs is 1. The average molecular weight is 375 g/mol. The Balaban J connectivity index is 1.82. The van der Waals surface area contributed by atoms with E-state index in [9.17, 15) is 10.2 Å². The van der Waals surface area contributed by atoms with Gasteiger partial charge in [-0.05, 0) is 67.1 Å². The first kappa shape index (κ1) is 19.7. The molecule has 0 spiro atoms. The van der Waals surface area contributed by atoms with Crippen molar-refractivity contribution in [1.29, 1.82) is 0 Å². The topological polar surface area (TPSA) is 40.5 Å². The van der Waals surface area contributed by atoms with Crippen molar-refractivity contribution in [3.63, 3.8) is 0 Å². The lowest BCUT2D eigenvalue weighted by molar-refractivity contribution is -0.151. The number of aliphatic hydroxyl groups excluding tert-OH is 2. The van der Waals surface area contributed by atoms with Gasteiger partial charge < -0.3 is 10.2 Å². The quantitative estimate of drug-likeness (QED) is 0.684. The first-order valence-corrected chi connectivity index (χ1v) is 10.1. The molecule has 0 aromatic heterocycles. The lowest BCUT2D eigenvalue weighted by atomic mass is 9.46. The van der Waals surface area contributed by atoms with E-state index in [1.807, 2.05) is 18.2 Å². The Morgan fingerprint density at radius 2 is 2.08 bits per heavy atom. The maximum Gasteiger partial charge on any atom is 0.0618 e. The summed E-state index contributed by atoms with van der Waals surface area (Å²) in [5.74, 6) is 0.703. The predicted octanol–water partition coefficient (Wildman–Crippen LogP) is 5.49. The summed E-state index contributed by atoms with van der Waals surface area (Å²) < 4.78 is 0. The predicted molar refractivity (Wildman–Crippen MR) is 109 cm³/mol. The van der Waals surface area contributed by atoms with Crippen LogP contribution in [0.5, 0.6) is 0 Å². The van der Waals surface area contributed by atoms with Crippen LogP contribution in [0.1, 0.15) is 51.5 Å². The summed E-state index contributed by atoms with van der Waals surface area (Å²) in [7, 11) is 0. The molecule has 2 nitrogen and oxygen atoms in total. The van der Waals surface area contributed by atoms with Gasteiger partial charge in [0.25, 0.3) is 0 Å². The third-order valence-corrected chi connectivity index (χ3v) is 7.46. The van der Waals surface area contributed by atoms with E-state index in [0.717, 1.165) is 42.7 Å². The van der Waals surface area contributed by atoms with Crippen molar-refractivity contribution < 1.29 is 10.2 Å². The molecule has 26 heavy (non-hydrogen) atoms. The SMILES string of the molecule is C=C1CC[C@@H]2[C@](C)(CO)[C@H](O)CC[C@@]2(C)[C@@H]1C/C=C/c1cccc(Cl)c1. The molecule has 0 bridgehead atoms. The van der Waals surface area contributed by atoms with E-state index in [4.69, 9.17) is 11.6 Å². The van der Waals surface area contributed by atoms with Crippen LogP contribution in [0, 0.1) is 22.7 Å². The molecule has 2 aliphatic rings. The van der Waals surface area contributed by atoms with Crippen molar-refractivity contribution in [1.82, 2.24) is 0 Å². The average Bonchev–Trinajstić information content (AvgIpc) is 2.61. The third kappa shape index (κ3) is 3.40. The molecule has 3 rings (SSSR count). The van der Waals surface area contributed by atoms with Crippen molar-refractivity contribution in [3.8, 4) is 0 Å². The van der Waals surface area contributed by atoms with Gasteiger partial charge in [0, 0.05) is 10.4 Å². The number of benzene rings is 1. The molecule has 2 aliphatic carbocycles. The van der Waals surface area contributed by atoms with Gasteiger partial charge in [0.1, 0.15) is 0 Å². The summed E-state index contributed by atoms with van der Waals surface area (Å²) in [5, 5.41) is 21.4. The molecular formula is C23H31ClO2. The minimum absolute atomic E-state index is 0.0476. The van der Waals surface area contributed by atoms with E-state index >= 15 is 0 Å². The highest BCUT2D eigenvalue weighted by molar-refractivity contribution is 6.30. The number of aliphatic hydroxyl groups is 2. The Bertz CT molecular complexity index is 697. The fraction of sp³-hybridized carbons (Fsp3) is 0.565. The largest absolute Gasteiger partial charge is 0.396 e. The van der Waals surface area contributed by atoms with Gasteiger partial charge in [-0.25, -0.2) is 0 Å². The van der Waals surface area contributed by atoms with Crippen molar-refractivity contribution in [3.05, 3.63) is 53.1 Å². The summed E-state index contributed by atoms with van der Waals surface area (Å²) in [4.78, 5) is 0. The maximum atomic E-state index is 10.6. The highest BCUT2D eigenvalue weighted by Gasteiger charge is 2.57. The van der Waals surface area contributed by atoms with E-state index in [0.29, 0.717) is 11.8 Å². The second-order valence-corrected chi connectivity index (χ2v) is 9.16. The van der Waals surface area contributed by atoms with Crippen molar-refractivity contribution >= 4 is 17.7 Å². The molecule has 2 saturated carbocycles. The molecule has 1 aromatic rings. The van der Waals surface area contributed by atoms with Gasteiger partial charge in [-0.15, -0.1) is 0 Å². The zero-order valence-corrected chi connectivity index (χ0v) is 16.7. The van der Waals surface area contributed by atoms with Crippen molar-refractivity contribution in [2.24, 2.45) is 22.7 Å². The van der Waals surface area contributed by atoms with Crippen LogP contribution >= 0.6 is 11.6 Å². The molecule has 2 fully saturated rings. The van der Waals surface area contributed by atoms with Gasteiger partial charge in [0.2, 0.25) is 0 Å². The van der Waals surface area contributed by atoms with Crippen molar-refractivity contribution in [2.75, 3.05) is 6.61 Å². The molecule has 1 aromatic carbocycles. The number of allylic oxidation sites excluding steroid dienone is 2. The van der Waals surface area contributed by atoms with Gasteiger partial charge in [0.05, 0.1) is 12.7 Å². The van der Waals surface area contributed by atoms with Crippen LogP contribution in [0.2, 0.25) is 5.02 Å². The normalized spacial score (nSPS) is 37.7. The first-order valence-electron chi connectivity index (χ1n) is 9.70. The van der Waals surface area contributed by atoms with Crippen LogP contribution in [-0.4, -0.2) is 22.9 Å². The summed E-state index contributed by atoms with van der Waals surface area (Å²) in [6.07, 6.45) is 8.63. The molecule has 0 heterocycles. The Kier molecular flexibility index (Phi) is 5.67. The third-order valence-electron chi connectivity index (χ3n) is 7.22. The van der Waals surface area contributed by atoms with Gasteiger partial charge in [-0.3, -0.25) is 0 Å². The smallest absolute Gasteiger partial charge is 0.0618 e. The molecule has 0 unspecified atom stereocenters. The van der Waals surface area contributed by atoms with Crippen LogP contribution in [0.4, 0.5) is 0 Å². The molecule has 0 radical (unpaired) electrons. The molecular weight excluding hydrogens is 344 g/mol. The van der Waals surface area contributed by atoms with Crippen LogP contribution < -0.4 is 0 Å². The minimum atomic E-state index is -0.417. The zero-order chi connectivity index (χ0) is 18.9. The van der Waals surface area contributed by atoms with E-state index in [1.54, 1.807) is 0 Å². The fourth-order valence-electron chi connectivity index (χ4n) is 5.59. The van der Waals surface area contributed by atoms with Gasteiger partial charge in [-0.1, -0.05) is 61.9 Å². The van der Waals surface area contributed by atoms with Crippen LogP contribution in [-0.2, 0) is 0 Å². The Labute approximate surface area is 162 Å². The van der Waals surface area contributed by atoms with E-state index < -0.39 is 11.5 Å². The van der Waals surface area contributed by atoms with E-state index in [2.05, 4.69) is 38.6 Å². The van der Waals surface area contributed by atoms with Gasteiger partial charge in [-0.2, -0.15) is 0 Å². The Morgan fingerprint density at radius 1 is 1.31 bits per heavy atom. The Hall–Kier alpha value is -1.09. The van der Waals surface area contributed by atoms with E-state index in [-0.39, 0.29) is 12.0 Å². The number of halogens is 1. The highest BCUT2D eigenvalue weighted by atomic mass is 35.5. The van der Waals surface area contributed by atoms with Gasteiger partial charge in [0.15, 0.2) is 0 Å².